The summed E-state index contributed by atoms with van der Waals surface area (Å²) < 4.78 is 27.7. The van der Waals surface area contributed by atoms with E-state index in [1.54, 1.807) is 24.4 Å². The highest BCUT2D eigenvalue weighted by molar-refractivity contribution is 7.11. The van der Waals surface area contributed by atoms with E-state index in [2.05, 4.69) is 15.0 Å². The average Bonchev–Trinajstić information content (AvgIpc) is 3.42. The number of nitrogen functional groups attached to an aromatic ring is 1. The zero-order chi connectivity index (χ0) is 24.5. The molecule has 0 aliphatic heterocycles. The predicted molar refractivity (Wildman–Crippen MR) is 133 cm³/mol. The van der Waals surface area contributed by atoms with Crippen molar-refractivity contribution >= 4 is 28.2 Å². The van der Waals surface area contributed by atoms with Gasteiger partial charge in [0.2, 0.25) is 0 Å². The average molecular weight is 491 g/mol. The normalized spacial score (nSPS) is 11.3. The van der Waals surface area contributed by atoms with Crippen LogP contribution in [0.2, 0.25) is 0 Å². The third-order valence-electron chi connectivity index (χ3n) is 5.27. The van der Waals surface area contributed by atoms with Crippen LogP contribution in [0.4, 0.5) is 10.2 Å². The second kappa shape index (κ2) is 9.30. The lowest BCUT2D eigenvalue weighted by Gasteiger charge is -2.10. The number of ether oxygens (including phenoxy) is 2. The summed E-state index contributed by atoms with van der Waals surface area (Å²) in [4.78, 5) is 13.7. The predicted octanol–water partition coefficient (Wildman–Crippen LogP) is 5.93. The van der Waals surface area contributed by atoms with Crippen molar-refractivity contribution in [1.29, 1.82) is 0 Å². The van der Waals surface area contributed by atoms with Crippen LogP contribution in [0.15, 0.2) is 55.0 Å². The Morgan fingerprint density at radius 1 is 1.03 bits per heavy atom. The van der Waals surface area contributed by atoms with E-state index < -0.39 is 5.82 Å². The SMILES string of the molecule is Cc1ncc(COc2cc(F)cc(Oc3ccc(-c4nn(C(C)C)c5ncnc(N)c45)cc3)c2)s1. The van der Waals surface area contributed by atoms with Crippen LogP contribution in [-0.4, -0.2) is 24.7 Å². The van der Waals surface area contributed by atoms with Crippen molar-refractivity contribution in [3.8, 4) is 28.5 Å². The van der Waals surface area contributed by atoms with Crippen molar-refractivity contribution in [3.05, 3.63) is 70.7 Å². The number of thiazole rings is 1. The summed E-state index contributed by atoms with van der Waals surface area (Å²) in [5.41, 5.74) is 8.37. The van der Waals surface area contributed by atoms with Gasteiger partial charge in [-0.05, 0) is 45.0 Å². The van der Waals surface area contributed by atoms with Crippen molar-refractivity contribution in [2.24, 2.45) is 0 Å². The highest BCUT2D eigenvalue weighted by Crippen LogP contribution is 2.34. The Kier molecular flexibility index (Phi) is 6.04. The van der Waals surface area contributed by atoms with Gasteiger partial charge in [0.1, 0.15) is 47.5 Å². The van der Waals surface area contributed by atoms with Crippen molar-refractivity contribution in [3.63, 3.8) is 0 Å². The molecule has 0 radical (unpaired) electrons. The second-order valence-electron chi connectivity index (χ2n) is 8.23. The van der Waals surface area contributed by atoms with E-state index in [9.17, 15) is 4.39 Å². The maximum atomic E-state index is 14.2. The number of aryl methyl sites for hydroxylation is 1. The van der Waals surface area contributed by atoms with E-state index in [1.807, 2.05) is 37.6 Å². The molecule has 2 aromatic carbocycles. The third kappa shape index (κ3) is 4.78. The molecule has 0 saturated heterocycles. The molecule has 0 unspecified atom stereocenters. The Morgan fingerprint density at radius 3 is 2.51 bits per heavy atom. The summed E-state index contributed by atoms with van der Waals surface area (Å²) in [5.74, 6) is 1.18. The second-order valence-corrected chi connectivity index (χ2v) is 9.55. The van der Waals surface area contributed by atoms with Crippen molar-refractivity contribution < 1.29 is 13.9 Å². The Bertz CT molecular complexity index is 1500. The molecule has 178 valence electrons. The van der Waals surface area contributed by atoms with Gasteiger partial charge in [-0.2, -0.15) is 5.10 Å². The first-order valence-corrected chi connectivity index (χ1v) is 11.8. The smallest absolute Gasteiger partial charge is 0.164 e. The van der Waals surface area contributed by atoms with Crippen LogP contribution in [0.3, 0.4) is 0 Å². The molecule has 5 rings (SSSR count). The number of rotatable bonds is 7. The van der Waals surface area contributed by atoms with Gasteiger partial charge in [0.25, 0.3) is 0 Å². The van der Waals surface area contributed by atoms with Crippen LogP contribution in [-0.2, 0) is 6.61 Å². The molecule has 0 aliphatic carbocycles. The van der Waals surface area contributed by atoms with Gasteiger partial charge in [-0.15, -0.1) is 11.3 Å². The third-order valence-corrected chi connectivity index (χ3v) is 6.15. The molecule has 3 aromatic heterocycles. The number of nitrogens with two attached hydrogens (primary N) is 1. The fraction of sp³-hybridized carbons (Fsp3) is 0.200. The van der Waals surface area contributed by atoms with Gasteiger partial charge in [-0.3, -0.25) is 0 Å². The van der Waals surface area contributed by atoms with Crippen LogP contribution < -0.4 is 15.2 Å². The minimum absolute atomic E-state index is 0.104. The maximum absolute atomic E-state index is 14.2. The van der Waals surface area contributed by atoms with E-state index in [0.717, 1.165) is 15.4 Å². The largest absolute Gasteiger partial charge is 0.488 e. The molecule has 0 amide bonds. The van der Waals surface area contributed by atoms with Crippen LogP contribution in [0.1, 0.15) is 29.8 Å². The number of hydrogen-bond donors (Lipinski definition) is 1. The lowest BCUT2D eigenvalue weighted by molar-refractivity contribution is 0.306. The van der Waals surface area contributed by atoms with Crippen LogP contribution >= 0.6 is 11.3 Å². The fourth-order valence-corrected chi connectivity index (χ4v) is 4.39. The van der Waals surface area contributed by atoms with Gasteiger partial charge >= 0.3 is 0 Å². The zero-order valence-electron chi connectivity index (χ0n) is 19.4. The number of aromatic nitrogens is 5. The summed E-state index contributed by atoms with van der Waals surface area (Å²) in [7, 11) is 0. The monoisotopic (exact) mass is 490 g/mol. The van der Waals surface area contributed by atoms with E-state index in [4.69, 9.17) is 20.3 Å². The molecule has 10 heteroatoms. The van der Waals surface area contributed by atoms with Crippen molar-refractivity contribution in [1.82, 2.24) is 24.7 Å². The molecule has 0 fully saturated rings. The highest BCUT2D eigenvalue weighted by atomic mass is 32.1. The first kappa shape index (κ1) is 22.7. The molecule has 0 atom stereocenters. The number of nitrogens with zero attached hydrogens (tertiary/aromatic N) is 5. The number of fused-ring (bicyclic) bond motifs is 1. The summed E-state index contributed by atoms with van der Waals surface area (Å²) in [6.45, 7) is 6.29. The first-order chi connectivity index (χ1) is 16.9. The minimum atomic E-state index is -0.448. The van der Waals surface area contributed by atoms with E-state index in [1.165, 1.54) is 29.8 Å². The zero-order valence-corrected chi connectivity index (χ0v) is 20.2. The number of benzene rings is 2. The summed E-state index contributed by atoms with van der Waals surface area (Å²) in [6, 6.07) is 11.7. The minimum Gasteiger partial charge on any atom is -0.488 e. The van der Waals surface area contributed by atoms with Crippen LogP contribution in [0.5, 0.6) is 17.2 Å². The summed E-state index contributed by atoms with van der Waals surface area (Å²) in [6.07, 6.45) is 3.19. The molecule has 0 spiro atoms. The van der Waals surface area contributed by atoms with E-state index in [-0.39, 0.29) is 6.04 Å². The topological polar surface area (TPSA) is 101 Å². The van der Waals surface area contributed by atoms with E-state index in [0.29, 0.717) is 46.4 Å². The molecule has 5 aromatic rings. The quantitative estimate of drug-likeness (QED) is 0.302. The Morgan fingerprint density at radius 2 is 1.80 bits per heavy atom. The van der Waals surface area contributed by atoms with Gasteiger partial charge in [-0.25, -0.2) is 24.0 Å². The van der Waals surface area contributed by atoms with Gasteiger partial charge < -0.3 is 15.2 Å². The number of anilines is 1. The highest BCUT2D eigenvalue weighted by Gasteiger charge is 2.18. The lowest BCUT2D eigenvalue weighted by atomic mass is 10.1. The Hall–Kier alpha value is -4.05. The van der Waals surface area contributed by atoms with Gasteiger partial charge in [0, 0.05) is 36.0 Å². The van der Waals surface area contributed by atoms with Crippen LogP contribution in [0.25, 0.3) is 22.3 Å². The van der Waals surface area contributed by atoms with Crippen molar-refractivity contribution in [2.45, 2.75) is 33.4 Å². The molecule has 0 aliphatic rings. The Balaban J connectivity index is 1.37. The number of hydrogen-bond acceptors (Lipinski definition) is 8. The summed E-state index contributed by atoms with van der Waals surface area (Å²) in [5, 5.41) is 6.39. The maximum Gasteiger partial charge on any atom is 0.164 e. The molecule has 2 N–H and O–H groups in total. The standard InChI is InChI=1S/C25H23FN6O2S/c1-14(2)32-25-22(24(27)29-13-30-25)23(31-32)16-4-6-18(7-5-16)34-20-9-17(26)8-19(10-20)33-12-21-11-28-15(3)35-21/h4-11,13-14H,12H2,1-3H3,(H2,27,29,30). The molecular formula is C25H23FN6O2S. The summed E-state index contributed by atoms with van der Waals surface area (Å²) >= 11 is 1.54. The van der Waals surface area contributed by atoms with E-state index >= 15 is 0 Å². The van der Waals surface area contributed by atoms with Crippen molar-refractivity contribution in [2.75, 3.05) is 5.73 Å². The molecule has 3 heterocycles. The van der Waals surface area contributed by atoms with Gasteiger partial charge in [0.15, 0.2) is 5.65 Å². The first-order valence-electron chi connectivity index (χ1n) is 11.0. The van der Waals surface area contributed by atoms with Crippen LogP contribution in [0, 0.1) is 12.7 Å². The molecule has 0 saturated carbocycles. The van der Waals surface area contributed by atoms with Gasteiger partial charge in [0.05, 0.1) is 15.3 Å². The lowest BCUT2D eigenvalue weighted by Crippen LogP contribution is -2.04. The molecule has 8 nitrogen and oxygen atoms in total. The molecule has 0 bridgehead atoms. The van der Waals surface area contributed by atoms with Gasteiger partial charge in [-0.1, -0.05) is 0 Å². The molecular weight excluding hydrogens is 467 g/mol. The Labute approximate surface area is 205 Å². The molecule has 35 heavy (non-hydrogen) atoms. The fourth-order valence-electron chi connectivity index (χ4n) is 3.68. The number of halogens is 1.